The number of nitrogens with two attached hydrogens (primary N) is 1. The molecule has 32 heavy (non-hydrogen) atoms. The summed E-state index contributed by atoms with van der Waals surface area (Å²) in [4.78, 5) is 31.5. The number of aryl methyl sites for hydroxylation is 1. The molecule has 0 aromatic carbocycles. The molecule has 0 saturated heterocycles. The number of carbonyl (C=O) groups is 2. The van der Waals surface area contributed by atoms with Gasteiger partial charge in [-0.05, 0) is 25.2 Å². The zero-order valence-corrected chi connectivity index (χ0v) is 19.5. The summed E-state index contributed by atoms with van der Waals surface area (Å²) in [5, 5.41) is 10.6. The van der Waals surface area contributed by atoms with E-state index in [9.17, 15) is 18.0 Å². The van der Waals surface area contributed by atoms with Crippen LogP contribution < -0.4 is 11.1 Å². The van der Waals surface area contributed by atoms with Crippen LogP contribution in [-0.2, 0) is 26.0 Å². The number of primary amides is 1. The predicted octanol–water partition coefficient (Wildman–Crippen LogP) is 1.11. The van der Waals surface area contributed by atoms with Crippen molar-refractivity contribution in [1.29, 1.82) is 0 Å². The van der Waals surface area contributed by atoms with Crippen LogP contribution in [0.5, 0.6) is 0 Å². The molecule has 2 aromatic rings. The summed E-state index contributed by atoms with van der Waals surface area (Å²) in [7, 11) is -3.45. The number of rotatable bonds is 13. The van der Waals surface area contributed by atoms with E-state index in [1.807, 2.05) is 13.8 Å². The molecule has 0 aliphatic heterocycles. The Morgan fingerprint density at radius 2 is 1.88 bits per heavy atom. The van der Waals surface area contributed by atoms with Crippen molar-refractivity contribution in [3.8, 4) is 11.3 Å². The van der Waals surface area contributed by atoms with Gasteiger partial charge in [0.25, 0.3) is 0 Å². The molecule has 0 aliphatic rings. The van der Waals surface area contributed by atoms with E-state index in [1.54, 1.807) is 10.9 Å². The lowest BCUT2D eigenvalue weighted by Crippen LogP contribution is -2.48. The molecular formula is C20H31N7O4S. The van der Waals surface area contributed by atoms with Crippen molar-refractivity contribution >= 4 is 21.7 Å². The summed E-state index contributed by atoms with van der Waals surface area (Å²) in [5.41, 5.74) is 6.54. The third-order valence-corrected chi connectivity index (χ3v) is 5.90. The highest BCUT2D eigenvalue weighted by molar-refractivity contribution is 7.90. The number of hydrogen-bond donors (Lipinski definition) is 2. The molecule has 2 rings (SSSR count). The fraction of sp³-hybridized carbons (Fsp3) is 0.600. The van der Waals surface area contributed by atoms with Crippen LogP contribution in [0.25, 0.3) is 11.3 Å². The molecule has 0 fully saturated rings. The molecule has 0 spiro atoms. The van der Waals surface area contributed by atoms with Crippen LogP contribution in [0.4, 0.5) is 0 Å². The smallest absolute Gasteiger partial charge is 0.246 e. The molecule has 0 saturated carbocycles. The molecule has 0 aliphatic carbocycles. The minimum atomic E-state index is -3.45. The minimum Gasteiger partial charge on any atom is -0.368 e. The number of nitrogens with zero attached hydrogens (tertiary/aromatic N) is 5. The minimum absolute atomic E-state index is 0.0101. The summed E-state index contributed by atoms with van der Waals surface area (Å²) in [6.07, 6.45) is 9.94. The molecule has 0 radical (unpaired) electrons. The van der Waals surface area contributed by atoms with Gasteiger partial charge in [0.1, 0.15) is 11.7 Å². The average molecular weight is 466 g/mol. The maximum absolute atomic E-state index is 12.1. The van der Waals surface area contributed by atoms with Gasteiger partial charge in [-0.3, -0.25) is 14.3 Å². The summed E-state index contributed by atoms with van der Waals surface area (Å²) in [5.74, 6) is -0.661. The van der Waals surface area contributed by atoms with Gasteiger partial charge >= 0.3 is 0 Å². The molecular weight excluding hydrogens is 434 g/mol. The zero-order valence-electron chi connectivity index (χ0n) is 18.7. The molecule has 2 aromatic heterocycles. The van der Waals surface area contributed by atoms with E-state index >= 15 is 0 Å². The van der Waals surface area contributed by atoms with Gasteiger partial charge in [0.15, 0.2) is 0 Å². The van der Waals surface area contributed by atoms with Crippen molar-refractivity contribution in [2.45, 2.75) is 70.1 Å². The first-order valence-electron chi connectivity index (χ1n) is 10.6. The van der Waals surface area contributed by atoms with E-state index in [0.717, 1.165) is 31.9 Å². The first-order chi connectivity index (χ1) is 15.1. The van der Waals surface area contributed by atoms with Crippen LogP contribution in [0.2, 0.25) is 0 Å². The highest BCUT2D eigenvalue weighted by atomic mass is 32.2. The second-order valence-electron chi connectivity index (χ2n) is 7.92. The standard InChI is InChI=1S/C20H31N7O4S/c1-4-8-14(2)18(19(21)29)24-17(28)9-6-5-7-10-27-13-16(25-26-27)15-11-22-20(23-12-15)32(3,30)31/h11-14,18H,4-10H2,1-3H3,(H2,21,29)(H,24,28). The van der Waals surface area contributed by atoms with Gasteiger partial charge in [-0.1, -0.05) is 31.9 Å². The normalized spacial score (nSPS) is 13.5. The van der Waals surface area contributed by atoms with Crippen molar-refractivity contribution in [3.05, 3.63) is 18.6 Å². The van der Waals surface area contributed by atoms with E-state index in [1.165, 1.54) is 12.4 Å². The number of carbonyl (C=O) groups excluding carboxylic acids is 2. The van der Waals surface area contributed by atoms with Gasteiger partial charge in [-0.25, -0.2) is 18.4 Å². The number of aromatic nitrogens is 5. The average Bonchev–Trinajstić information content (AvgIpc) is 3.20. The maximum Gasteiger partial charge on any atom is 0.246 e. The van der Waals surface area contributed by atoms with Crippen LogP contribution in [0.15, 0.2) is 23.7 Å². The molecule has 2 unspecified atom stereocenters. The van der Waals surface area contributed by atoms with Crippen LogP contribution in [0, 0.1) is 5.92 Å². The Labute approximate surface area is 188 Å². The van der Waals surface area contributed by atoms with Crippen molar-refractivity contribution in [1.82, 2.24) is 30.3 Å². The van der Waals surface area contributed by atoms with E-state index in [-0.39, 0.29) is 17.0 Å². The monoisotopic (exact) mass is 465 g/mol. The SMILES string of the molecule is CCCC(C)C(NC(=O)CCCCCn1cc(-c2cnc(S(C)(=O)=O)nc2)nn1)C(N)=O. The number of amides is 2. The van der Waals surface area contributed by atoms with E-state index in [4.69, 9.17) is 5.73 Å². The lowest BCUT2D eigenvalue weighted by atomic mass is 9.96. The Bertz CT molecular complexity index is 1010. The van der Waals surface area contributed by atoms with E-state index in [2.05, 4.69) is 25.6 Å². The maximum atomic E-state index is 12.1. The largest absolute Gasteiger partial charge is 0.368 e. The topological polar surface area (TPSA) is 163 Å². The van der Waals surface area contributed by atoms with Crippen molar-refractivity contribution < 1.29 is 18.0 Å². The molecule has 3 N–H and O–H groups in total. The quantitative estimate of drug-likeness (QED) is 0.328. The molecule has 2 heterocycles. The summed E-state index contributed by atoms with van der Waals surface area (Å²) >= 11 is 0. The third kappa shape index (κ3) is 7.66. The van der Waals surface area contributed by atoms with Gasteiger partial charge in [-0.2, -0.15) is 0 Å². The van der Waals surface area contributed by atoms with Gasteiger partial charge in [0.05, 0.1) is 6.20 Å². The summed E-state index contributed by atoms with van der Waals surface area (Å²) in [6.45, 7) is 4.56. The van der Waals surface area contributed by atoms with Gasteiger partial charge < -0.3 is 11.1 Å². The fourth-order valence-corrected chi connectivity index (χ4v) is 3.77. The van der Waals surface area contributed by atoms with Gasteiger partial charge in [0.2, 0.25) is 26.8 Å². The van der Waals surface area contributed by atoms with Gasteiger partial charge in [-0.15, -0.1) is 5.10 Å². The first kappa shape index (κ1) is 25.4. The summed E-state index contributed by atoms with van der Waals surface area (Å²) in [6, 6.07) is -0.633. The summed E-state index contributed by atoms with van der Waals surface area (Å²) < 4.78 is 24.5. The van der Waals surface area contributed by atoms with E-state index in [0.29, 0.717) is 30.6 Å². The molecule has 11 nitrogen and oxygen atoms in total. The number of unbranched alkanes of at least 4 members (excludes halogenated alkanes) is 2. The van der Waals surface area contributed by atoms with Crippen molar-refractivity contribution in [3.63, 3.8) is 0 Å². The Balaban J connectivity index is 1.75. The Morgan fingerprint density at radius 3 is 2.47 bits per heavy atom. The Morgan fingerprint density at radius 1 is 1.19 bits per heavy atom. The zero-order chi connectivity index (χ0) is 23.7. The molecule has 176 valence electrons. The van der Waals surface area contributed by atoms with Gasteiger partial charge in [0, 0.05) is 37.2 Å². The lowest BCUT2D eigenvalue weighted by molar-refractivity contribution is -0.128. The number of hydrogen-bond acceptors (Lipinski definition) is 8. The predicted molar refractivity (Wildman–Crippen MR) is 118 cm³/mol. The second-order valence-corrected chi connectivity index (χ2v) is 9.83. The number of sulfone groups is 1. The highest BCUT2D eigenvalue weighted by Crippen LogP contribution is 2.15. The third-order valence-electron chi connectivity index (χ3n) is 5.02. The number of nitrogens with one attached hydrogen (secondary N) is 1. The molecule has 2 atom stereocenters. The highest BCUT2D eigenvalue weighted by Gasteiger charge is 2.23. The van der Waals surface area contributed by atoms with E-state index < -0.39 is 21.8 Å². The molecule has 2 amide bonds. The van der Waals surface area contributed by atoms with Crippen LogP contribution in [0.3, 0.4) is 0 Å². The van der Waals surface area contributed by atoms with Crippen LogP contribution in [0.1, 0.15) is 52.4 Å². The Hall–Kier alpha value is -2.89. The second kappa shape index (κ2) is 11.7. The van der Waals surface area contributed by atoms with Crippen LogP contribution >= 0.6 is 0 Å². The lowest BCUT2D eigenvalue weighted by Gasteiger charge is -2.21. The molecule has 12 heteroatoms. The van der Waals surface area contributed by atoms with Crippen LogP contribution in [-0.4, -0.2) is 57.5 Å². The fourth-order valence-electron chi connectivity index (χ4n) is 3.28. The molecule has 0 bridgehead atoms. The van der Waals surface area contributed by atoms with Crippen molar-refractivity contribution in [2.75, 3.05) is 6.26 Å². The van der Waals surface area contributed by atoms with Crippen molar-refractivity contribution in [2.24, 2.45) is 11.7 Å². The first-order valence-corrected chi connectivity index (χ1v) is 12.5. The Kier molecular flexibility index (Phi) is 9.24.